The normalized spacial score (nSPS) is 14.0. The number of ketones is 1. The molecule has 1 heterocycles. The quantitative estimate of drug-likeness (QED) is 0.569. The first-order valence-electron chi connectivity index (χ1n) is 6.01. The maximum absolute atomic E-state index is 11.9. The fourth-order valence-electron chi connectivity index (χ4n) is 1.83. The number of ether oxygens (including phenoxy) is 1. The number of hydrogen-bond acceptors (Lipinski definition) is 5. The first-order valence-corrected chi connectivity index (χ1v) is 6.01. The number of carbonyl (C=O) groups excluding carboxylic acids is 2. The highest BCUT2D eigenvalue weighted by molar-refractivity contribution is 6.02. The number of likely N-dealkylation sites (N-methyl/N-ethyl adjacent to an activating group) is 1. The summed E-state index contributed by atoms with van der Waals surface area (Å²) in [5.41, 5.74) is 1.11. The Balaban J connectivity index is 2.16. The van der Waals surface area contributed by atoms with Crippen LogP contribution >= 0.6 is 0 Å². The van der Waals surface area contributed by atoms with Crippen LogP contribution in [-0.4, -0.2) is 50.1 Å². The molecule has 1 aromatic rings. The lowest BCUT2D eigenvalue weighted by Gasteiger charge is -2.26. The van der Waals surface area contributed by atoms with Gasteiger partial charge in [-0.3, -0.25) is 9.59 Å². The van der Waals surface area contributed by atoms with Gasteiger partial charge in [0.25, 0.3) is 5.91 Å². The van der Waals surface area contributed by atoms with Crippen LogP contribution in [0.15, 0.2) is 18.2 Å². The van der Waals surface area contributed by atoms with E-state index in [9.17, 15) is 9.59 Å². The number of nitrogens with one attached hydrogen (secondary N) is 1. The Morgan fingerprint density at radius 1 is 1.53 bits per heavy atom. The minimum Gasteiger partial charge on any atom is -0.482 e. The van der Waals surface area contributed by atoms with E-state index in [4.69, 9.17) is 9.84 Å². The van der Waals surface area contributed by atoms with Crippen molar-refractivity contribution in [2.75, 3.05) is 38.3 Å². The zero-order chi connectivity index (χ0) is 13.8. The number of aliphatic hydroxyl groups is 1. The van der Waals surface area contributed by atoms with Gasteiger partial charge in [-0.05, 0) is 18.2 Å². The number of Topliss-reactive ketones (excluding diaryl/α,β-unsaturated/α-hetero) is 1. The van der Waals surface area contributed by atoms with Gasteiger partial charge in [-0.25, -0.2) is 0 Å². The molecule has 0 aromatic heterocycles. The second kappa shape index (κ2) is 5.81. The van der Waals surface area contributed by atoms with Crippen molar-refractivity contribution in [1.82, 2.24) is 5.32 Å². The van der Waals surface area contributed by atoms with Gasteiger partial charge in [0.1, 0.15) is 5.75 Å². The topological polar surface area (TPSA) is 78.9 Å². The largest absolute Gasteiger partial charge is 0.482 e. The summed E-state index contributed by atoms with van der Waals surface area (Å²) < 4.78 is 5.29. The average molecular weight is 264 g/mol. The maximum Gasteiger partial charge on any atom is 0.264 e. The monoisotopic (exact) mass is 264 g/mol. The predicted molar refractivity (Wildman–Crippen MR) is 69.6 cm³/mol. The molecule has 6 heteroatoms. The average Bonchev–Trinajstić information content (AvgIpc) is 2.43. The first kappa shape index (κ1) is 13.5. The Hall–Kier alpha value is -1.92. The number of carbonyl (C=O) groups is 2. The van der Waals surface area contributed by atoms with E-state index in [2.05, 4.69) is 5.32 Å². The van der Waals surface area contributed by atoms with E-state index < -0.39 is 0 Å². The summed E-state index contributed by atoms with van der Waals surface area (Å²) in [7, 11) is 1.65. The van der Waals surface area contributed by atoms with Crippen LogP contribution in [0.4, 0.5) is 5.69 Å². The number of nitrogens with zero attached hydrogens (tertiary/aromatic N) is 1. The van der Waals surface area contributed by atoms with Gasteiger partial charge in [-0.15, -0.1) is 0 Å². The van der Waals surface area contributed by atoms with Crippen molar-refractivity contribution >= 4 is 17.4 Å². The molecule has 6 nitrogen and oxygen atoms in total. The van der Waals surface area contributed by atoms with E-state index in [1.165, 1.54) is 4.90 Å². The molecule has 0 fully saturated rings. The van der Waals surface area contributed by atoms with Gasteiger partial charge in [0, 0.05) is 19.2 Å². The summed E-state index contributed by atoms with van der Waals surface area (Å²) in [4.78, 5) is 24.9. The minimum absolute atomic E-state index is 0.0114. The number of fused-ring (bicyclic) bond motifs is 1. The van der Waals surface area contributed by atoms with Crippen molar-refractivity contribution in [3.63, 3.8) is 0 Å². The lowest BCUT2D eigenvalue weighted by Crippen LogP contribution is -2.35. The highest BCUT2D eigenvalue weighted by Gasteiger charge is 2.23. The second-order valence-corrected chi connectivity index (χ2v) is 4.25. The van der Waals surface area contributed by atoms with Crippen LogP contribution in [0.25, 0.3) is 0 Å². The molecule has 0 atom stereocenters. The van der Waals surface area contributed by atoms with Crippen molar-refractivity contribution in [3.05, 3.63) is 23.8 Å². The Morgan fingerprint density at radius 3 is 3.05 bits per heavy atom. The Kier molecular flexibility index (Phi) is 4.13. The summed E-state index contributed by atoms with van der Waals surface area (Å²) in [5.74, 6) is 0.361. The first-order chi connectivity index (χ1) is 9.13. The molecule has 0 saturated heterocycles. The Bertz CT molecular complexity index is 501. The van der Waals surface area contributed by atoms with Crippen molar-refractivity contribution < 1.29 is 19.4 Å². The number of benzene rings is 1. The smallest absolute Gasteiger partial charge is 0.264 e. The SMILES string of the molecule is CN1C(=O)COc2ccc(C(=O)CNCCO)cc21. The molecule has 0 saturated carbocycles. The minimum atomic E-state index is -0.143. The van der Waals surface area contributed by atoms with E-state index in [1.807, 2.05) is 0 Å². The fourth-order valence-corrected chi connectivity index (χ4v) is 1.83. The standard InChI is InChI=1S/C13H16N2O4/c1-15-10-6-9(11(17)7-14-4-5-16)2-3-12(10)19-8-13(15)18/h2-3,6,14,16H,4-5,7-8H2,1H3. The lowest BCUT2D eigenvalue weighted by molar-refractivity contribution is -0.120. The highest BCUT2D eigenvalue weighted by atomic mass is 16.5. The van der Waals surface area contributed by atoms with Crippen LogP contribution in [0.5, 0.6) is 5.75 Å². The van der Waals surface area contributed by atoms with Gasteiger partial charge < -0.3 is 20.1 Å². The molecule has 0 bridgehead atoms. The van der Waals surface area contributed by atoms with E-state index in [0.717, 1.165) is 0 Å². The number of amides is 1. The fraction of sp³-hybridized carbons (Fsp3) is 0.385. The van der Waals surface area contributed by atoms with Gasteiger partial charge in [-0.1, -0.05) is 0 Å². The van der Waals surface area contributed by atoms with Crippen molar-refractivity contribution in [2.45, 2.75) is 0 Å². The summed E-state index contributed by atoms with van der Waals surface area (Å²) in [6.07, 6.45) is 0. The molecular formula is C13H16N2O4. The number of anilines is 1. The van der Waals surface area contributed by atoms with Gasteiger partial charge in [0.15, 0.2) is 12.4 Å². The van der Waals surface area contributed by atoms with Crippen molar-refractivity contribution in [2.24, 2.45) is 0 Å². The van der Waals surface area contributed by atoms with Gasteiger partial charge in [0.05, 0.1) is 18.8 Å². The number of aliphatic hydroxyl groups excluding tert-OH is 1. The van der Waals surface area contributed by atoms with E-state index >= 15 is 0 Å². The molecular weight excluding hydrogens is 248 g/mol. The second-order valence-electron chi connectivity index (χ2n) is 4.25. The molecule has 0 spiro atoms. The van der Waals surface area contributed by atoms with E-state index in [-0.39, 0.29) is 31.4 Å². The molecule has 1 aliphatic rings. The molecule has 2 rings (SSSR count). The lowest BCUT2D eigenvalue weighted by atomic mass is 10.1. The van der Waals surface area contributed by atoms with Crippen LogP contribution in [0.1, 0.15) is 10.4 Å². The summed E-state index contributed by atoms with van der Waals surface area (Å²) in [6.45, 7) is 0.535. The van der Waals surface area contributed by atoms with Gasteiger partial charge in [-0.2, -0.15) is 0 Å². The molecule has 1 amide bonds. The van der Waals surface area contributed by atoms with Gasteiger partial charge in [0.2, 0.25) is 0 Å². The zero-order valence-electron chi connectivity index (χ0n) is 10.7. The van der Waals surface area contributed by atoms with Crippen LogP contribution < -0.4 is 15.0 Å². The number of hydrogen-bond donors (Lipinski definition) is 2. The summed E-state index contributed by atoms with van der Waals surface area (Å²) in [5, 5.41) is 11.5. The molecule has 0 aliphatic carbocycles. The van der Waals surface area contributed by atoms with Crippen LogP contribution in [-0.2, 0) is 4.79 Å². The molecule has 1 aromatic carbocycles. The molecule has 0 unspecified atom stereocenters. The van der Waals surface area contributed by atoms with Gasteiger partial charge >= 0.3 is 0 Å². The summed E-state index contributed by atoms with van der Waals surface area (Å²) in [6, 6.07) is 5.01. The van der Waals surface area contributed by atoms with Crippen LogP contribution in [0.3, 0.4) is 0 Å². The molecule has 0 radical (unpaired) electrons. The molecule has 102 valence electrons. The number of rotatable bonds is 5. The predicted octanol–water partition coefficient (Wildman–Crippen LogP) is -0.194. The molecule has 2 N–H and O–H groups in total. The van der Waals surface area contributed by atoms with Crippen LogP contribution in [0.2, 0.25) is 0 Å². The van der Waals surface area contributed by atoms with Crippen LogP contribution in [0, 0.1) is 0 Å². The van der Waals surface area contributed by atoms with E-state index in [0.29, 0.717) is 23.5 Å². The zero-order valence-corrected chi connectivity index (χ0v) is 10.7. The van der Waals surface area contributed by atoms with E-state index in [1.54, 1.807) is 25.2 Å². The maximum atomic E-state index is 11.9. The van der Waals surface area contributed by atoms with Crippen molar-refractivity contribution in [3.8, 4) is 5.75 Å². The highest BCUT2D eigenvalue weighted by Crippen LogP contribution is 2.31. The Labute approximate surface area is 111 Å². The summed E-state index contributed by atoms with van der Waals surface area (Å²) >= 11 is 0. The third-order valence-electron chi connectivity index (χ3n) is 2.94. The van der Waals surface area contributed by atoms with Crippen molar-refractivity contribution in [1.29, 1.82) is 0 Å². The third kappa shape index (κ3) is 2.91. The molecule has 19 heavy (non-hydrogen) atoms. The Morgan fingerprint density at radius 2 is 2.32 bits per heavy atom. The molecule has 1 aliphatic heterocycles. The third-order valence-corrected chi connectivity index (χ3v) is 2.94.